The van der Waals surface area contributed by atoms with Crippen LogP contribution in [0.3, 0.4) is 0 Å². The Morgan fingerprint density at radius 3 is 2.78 bits per heavy atom. The largest absolute Gasteiger partial charge is 0.369 e. The number of aromatic amines is 1. The Morgan fingerprint density at radius 2 is 2.03 bits per heavy atom. The van der Waals surface area contributed by atoms with Crippen molar-refractivity contribution in [2.75, 3.05) is 17.2 Å². The molecule has 162 valence electrons. The summed E-state index contributed by atoms with van der Waals surface area (Å²) in [6, 6.07) is 5.86. The van der Waals surface area contributed by atoms with Crippen LogP contribution in [0.1, 0.15) is 16.1 Å². The van der Waals surface area contributed by atoms with Crippen LogP contribution in [0.25, 0.3) is 11.1 Å². The zero-order chi connectivity index (χ0) is 22.5. The highest BCUT2D eigenvalue weighted by Crippen LogP contribution is 2.28. The van der Waals surface area contributed by atoms with Gasteiger partial charge >= 0.3 is 0 Å². The molecule has 0 aliphatic heterocycles. The van der Waals surface area contributed by atoms with Crippen molar-refractivity contribution < 1.29 is 9.18 Å². The summed E-state index contributed by atoms with van der Waals surface area (Å²) in [6.07, 6.45) is 8.63. The van der Waals surface area contributed by atoms with E-state index >= 15 is 0 Å². The van der Waals surface area contributed by atoms with Crippen molar-refractivity contribution in [1.29, 1.82) is 0 Å². The van der Waals surface area contributed by atoms with Gasteiger partial charge in [-0.15, -0.1) is 0 Å². The molecule has 0 radical (unpaired) electrons. The van der Waals surface area contributed by atoms with Crippen LogP contribution in [-0.4, -0.2) is 37.4 Å². The molecule has 4 rings (SSSR count). The van der Waals surface area contributed by atoms with Crippen LogP contribution in [0.4, 0.5) is 21.8 Å². The Balaban J connectivity index is 1.64. The number of anilines is 3. The van der Waals surface area contributed by atoms with Crippen molar-refractivity contribution in [2.24, 2.45) is 5.73 Å². The van der Waals surface area contributed by atoms with Crippen LogP contribution in [0.5, 0.6) is 0 Å². The van der Waals surface area contributed by atoms with Crippen LogP contribution in [-0.2, 0) is 6.42 Å². The van der Waals surface area contributed by atoms with Gasteiger partial charge in [0.2, 0.25) is 11.9 Å². The molecule has 1 amide bonds. The molecule has 0 aliphatic rings. The molecule has 0 saturated carbocycles. The van der Waals surface area contributed by atoms with Crippen molar-refractivity contribution in [2.45, 2.75) is 6.42 Å². The van der Waals surface area contributed by atoms with Crippen LogP contribution >= 0.6 is 11.6 Å². The van der Waals surface area contributed by atoms with Crippen LogP contribution in [0, 0.1) is 5.82 Å². The number of hydrogen-bond donors (Lipinski definition) is 4. The number of H-pyrrole nitrogens is 1. The first-order valence-electron chi connectivity index (χ1n) is 9.55. The second kappa shape index (κ2) is 9.40. The molecule has 0 saturated heterocycles. The minimum Gasteiger partial charge on any atom is -0.369 e. The molecule has 0 fully saturated rings. The fourth-order valence-electron chi connectivity index (χ4n) is 2.95. The number of rotatable bonds is 8. The minimum atomic E-state index is -0.583. The molecule has 11 heteroatoms. The molecule has 3 aromatic heterocycles. The van der Waals surface area contributed by atoms with Crippen molar-refractivity contribution in [3.63, 3.8) is 0 Å². The molecule has 0 unspecified atom stereocenters. The maximum absolute atomic E-state index is 13.4. The quantitative estimate of drug-likeness (QED) is 0.321. The van der Waals surface area contributed by atoms with Crippen LogP contribution in [0.15, 0.2) is 55.4 Å². The van der Waals surface area contributed by atoms with E-state index in [0.717, 1.165) is 5.69 Å². The minimum absolute atomic E-state index is 0.0149. The van der Waals surface area contributed by atoms with E-state index in [0.29, 0.717) is 35.6 Å². The highest BCUT2D eigenvalue weighted by Gasteiger charge is 2.13. The lowest BCUT2D eigenvalue weighted by Gasteiger charge is -2.13. The maximum Gasteiger partial charge on any atom is 0.250 e. The zero-order valence-electron chi connectivity index (χ0n) is 16.6. The molecule has 0 spiro atoms. The average Bonchev–Trinajstić information content (AvgIpc) is 3.30. The molecule has 0 aliphatic carbocycles. The first-order valence-corrected chi connectivity index (χ1v) is 9.93. The van der Waals surface area contributed by atoms with Gasteiger partial charge in [-0.2, -0.15) is 4.98 Å². The van der Waals surface area contributed by atoms with Gasteiger partial charge in [-0.25, -0.2) is 14.4 Å². The Labute approximate surface area is 187 Å². The fourth-order valence-corrected chi connectivity index (χ4v) is 3.13. The molecule has 1 aromatic carbocycles. The van der Waals surface area contributed by atoms with E-state index in [1.165, 1.54) is 24.4 Å². The van der Waals surface area contributed by atoms with E-state index in [1.54, 1.807) is 31.0 Å². The van der Waals surface area contributed by atoms with Gasteiger partial charge in [-0.1, -0.05) is 11.6 Å². The van der Waals surface area contributed by atoms with E-state index in [4.69, 9.17) is 17.3 Å². The number of benzene rings is 1. The third kappa shape index (κ3) is 4.98. The van der Waals surface area contributed by atoms with Crippen molar-refractivity contribution in [3.05, 3.63) is 77.5 Å². The van der Waals surface area contributed by atoms with Gasteiger partial charge in [0.1, 0.15) is 11.6 Å². The first kappa shape index (κ1) is 21.2. The summed E-state index contributed by atoms with van der Waals surface area (Å²) in [5.74, 6) is -0.310. The lowest BCUT2D eigenvalue weighted by atomic mass is 10.1. The number of pyridine rings is 1. The zero-order valence-corrected chi connectivity index (χ0v) is 17.4. The smallest absolute Gasteiger partial charge is 0.250 e. The van der Waals surface area contributed by atoms with Crippen LogP contribution < -0.4 is 16.4 Å². The Bertz CT molecular complexity index is 1250. The number of nitrogens with zero attached hydrogens (tertiary/aromatic N) is 4. The van der Waals surface area contributed by atoms with E-state index < -0.39 is 11.7 Å². The molecule has 0 atom stereocenters. The van der Waals surface area contributed by atoms with Gasteiger partial charge in [-0.05, 0) is 24.3 Å². The average molecular weight is 453 g/mol. The second-order valence-electron chi connectivity index (χ2n) is 6.79. The molecule has 0 bridgehead atoms. The third-order valence-corrected chi connectivity index (χ3v) is 4.83. The summed E-state index contributed by atoms with van der Waals surface area (Å²) in [7, 11) is 0. The predicted molar refractivity (Wildman–Crippen MR) is 119 cm³/mol. The number of carbonyl (C=O) groups excluding carboxylic acids is 1. The van der Waals surface area contributed by atoms with Gasteiger partial charge in [0, 0.05) is 60.3 Å². The van der Waals surface area contributed by atoms with Gasteiger partial charge < -0.3 is 21.4 Å². The number of aromatic nitrogens is 5. The molecule has 32 heavy (non-hydrogen) atoms. The monoisotopic (exact) mass is 452 g/mol. The summed E-state index contributed by atoms with van der Waals surface area (Å²) >= 11 is 5.85. The first-order chi connectivity index (χ1) is 15.5. The SMILES string of the molecule is NC(=O)c1cncc(-c2cnc(Nc3ccc(F)c(Cl)c3)nc2NCCc2cnc[nH]2)c1. The topological polar surface area (TPSA) is 134 Å². The van der Waals surface area contributed by atoms with Crippen molar-refractivity contribution in [1.82, 2.24) is 24.9 Å². The number of imidazole rings is 1. The van der Waals surface area contributed by atoms with Gasteiger partial charge in [0.05, 0.1) is 16.9 Å². The lowest BCUT2D eigenvalue weighted by Crippen LogP contribution is -2.12. The summed E-state index contributed by atoms with van der Waals surface area (Å²) in [6.45, 7) is 0.553. The normalized spacial score (nSPS) is 10.7. The number of hydrogen-bond acceptors (Lipinski definition) is 7. The summed E-state index contributed by atoms with van der Waals surface area (Å²) in [4.78, 5) is 31.6. The summed E-state index contributed by atoms with van der Waals surface area (Å²) in [5.41, 5.74) is 8.41. The van der Waals surface area contributed by atoms with E-state index in [2.05, 4.69) is 35.6 Å². The van der Waals surface area contributed by atoms with Crippen LogP contribution in [0.2, 0.25) is 5.02 Å². The molecule has 9 nitrogen and oxygen atoms in total. The number of halogens is 2. The molecular weight excluding hydrogens is 435 g/mol. The Kier molecular flexibility index (Phi) is 6.22. The highest BCUT2D eigenvalue weighted by molar-refractivity contribution is 6.31. The Hall–Kier alpha value is -4.05. The second-order valence-corrected chi connectivity index (χ2v) is 7.20. The van der Waals surface area contributed by atoms with Gasteiger partial charge in [0.25, 0.3) is 0 Å². The highest BCUT2D eigenvalue weighted by atomic mass is 35.5. The van der Waals surface area contributed by atoms with Crippen molar-refractivity contribution in [3.8, 4) is 11.1 Å². The van der Waals surface area contributed by atoms with Gasteiger partial charge in [0.15, 0.2) is 0 Å². The number of amides is 1. The molecule has 5 N–H and O–H groups in total. The van der Waals surface area contributed by atoms with Crippen molar-refractivity contribution >= 4 is 35.0 Å². The van der Waals surface area contributed by atoms with E-state index in [-0.39, 0.29) is 16.5 Å². The molecule has 4 aromatic rings. The Morgan fingerprint density at radius 1 is 1.16 bits per heavy atom. The number of carbonyl (C=O) groups is 1. The number of primary amides is 1. The molecule has 3 heterocycles. The summed E-state index contributed by atoms with van der Waals surface area (Å²) in [5, 5.41) is 6.27. The standard InChI is InChI=1S/C21H18ClFN8O/c22-17-6-14(1-2-18(17)23)30-21-28-10-16(12-5-13(19(24)32)8-25-7-12)20(31-21)27-4-3-15-9-26-11-29-15/h1-2,5-11H,3-4H2,(H2,24,32)(H,26,29)(H2,27,28,30,31). The van der Waals surface area contributed by atoms with E-state index in [1.807, 2.05) is 0 Å². The number of nitrogens with one attached hydrogen (secondary N) is 3. The lowest BCUT2D eigenvalue weighted by molar-refractivity contribution is 0.1000. The number of nitrogens with two attached hydrogens (primary N) is 1. The van der Waals surface area contributed by atoms with Gasteiger partial charge in [-0.3, -0.25) is 9.78 Å². The fraction of sp³-hybridized carbons (Fsp3) is 0.0952. The molecular formula is C21H18ClFN8O. The van der Waals surface area contributed by atoms with E-state index in [9.17, 15) is 9.18 Å². The third-order valence-electron chi connectivity index (χ3n) is 4.54. The summed E-state index contributed by atoms with van der Waals surface area (Å²) < 4.78 is 13.4. The predicted octanol–water partition coefficient (Wildman–Crippen LogP) is 3.55. The maximum atomic E-state index is 13.4.